The molecule has 0 amide bonds. The molecule has 0 bridgehead atoms. The van der Waals surface area contributed by atoms with Crippen molar-refractivity contribution in [3.63, 3.8) is 0 Å². The molecule has 2 aliphatic heterocycles. The van der Waals surface area contributed by atoms with Crippen LogP contribution in [0, 0.1) is 6.92 Å². The second kappa shape index (κ2) is 17.0. The third-order valence-electron chi connectivity index (χ3n) is 14.5. The molecule has 0 N–H and O–H groups in total. The van der Waals surface area contributed by atoms with Gasteiger partial charge in [0.05, 0.1) is 28.2 Å². The molecule has 0 radical (unpaired) electrons. The molecule has 2 heteroatoms. The summed E-state index contributed by atoms with van der Waals surface area (Å²) >= 11 is 0. The quantitative estimate of drug-likeness (QED) is 0.157. The summed E-state index contributed by atoms with van der Waals surface area (Å²) < 4.78 is 0. The number of fused-ring (bicyclic) bond motifs is 8. The van der Waals surface area contributed by atoms with Crippen molar-refractivity contribution in [1.29, 1.82) is 0 Å². The predicted octanol–water partition coefficient (Wildman–Crippen LogP) is 18.3. The lowest BCUT2D eigenvalue weighted by molar-refractivity contribution is 0.718. The monoisotopic (exact) mass is 892 g/mol. The molecule has 0 aliphatic carbocycles. The van der Waals surface area contributed by atoms with Crippen molar-refractivity contribution in [3.05, 3.63) is 301 Å². The molecular formula is C68H48N2. The Morgan fingerprint density at radius 1 is 0.229 bits per heavy atom. The first-order valence-electron chi connectivity index (χ1n) is 24.2. The number of aryl methyl sites for hydroxylation is 1. The van der Waals surface area contributed by atoms with Gasteiger partial charge in [-0.15, -0.1) is 0 Å². The fraction of sp³-hybridized carbons (Fsp3) is 0.0294. The van der Waals surface area contributed by atoms with Crippen molar-refractivity contribution in [2.75, 3.05) is 9.80 Å². The van der Waals surface area contributed by atoms with E-state index in [1.165, 1.54) is 83.5 Å². The summed E-state index contributed by atoms with van der Waals surface area (Å²) in [5, 5.41) is 0. The fourth-order valence-electron chi connectivity index (χ4n) is 11.2. The maximum atomic E-state index is 2.51. The highest BCUT2D eigenvalue weighted by Gasteiger charge is 2.52. The molecule has 11 aromatic carbocycles. The van der Waals surface area contributed by atoms with Gasteiger partial charge >= 0.3 is 0 Å². The van der Waals surface area contributed by atoms with Crippen LogP contribution in [0.3, 0.4) is 0 Å². The number of anilines is 6. The molecule has 1 spiro atoms. The summed E-state index contributed by atoms with van der Waals surface area (Å²) in [6.45, 7) is 2.24. The topological polar surface area (TPSA) is 6.48 Å². The highest BCUT2D eigenvalue weighted by atomic mass is 15.2. The predicted molar refractivity (Wildman–Crippen MR) is 293 cm³/mol. The average molecular weight is 893 g/mol. The van der Waals surface area contributed by atoms with Crippen LogP contribution >= 0.6 is 0 Å². The number of nitrogens with zero attached hydrogens (tertiary/aromatic N) is 2. The first-order valence-corrected chi connectivity index (χ1v) is 24.2. The molecule has 0 aromatic heterocycles. The van der Waals surface area contributed by atoms with E-state index < -0.39 is 5.41 Å². The van der Waals surface area contributed by atoms with Crippen LogP contribution in [0.2, 0.25) is 0 Å². The second-order valence-corrected chi connectivity index (χ2v) is 18.6. The Hall–Kier alpha value is -8.98. The van der Waals surface area contributed by atoms with E-state index in [9.17, 15) is 0 Å². The Labute approximate surface area is 410 Å². The molecule has 2 heterocycles. The zero-order valence-electron chi connectivity index (χ0n) is 38.9. The van der Waals surface area contributed by atoms with Crippen LogP contribution in [0.15, 0.2) is 273 Å². The molecule has 2 nitrogen and oxygen atoms in total. The fourth-order valence-corrected chi connectivity index (χ4v) is 11.2. The van der Waals surface area contributed by atoms with Crippen molar-refractivity contribution in [2.45, 2.75) is 12.3 Å². The largest absolute Gasteiger partial charge is 0.310 e. The van der Waals surface area contributed by atoms with Crippen LogP contribution in [-0.4, -0.2) is 0 Å². The van der Waals surface area contributed by atoms with Gasteiger partial charge in [-0.25, -0.2) is 0 Å². The minimum absolute atomic E-state index is 0.789. The first kappa shape index (κ1) is 41.2. The molecule has 330 valence electrons. The Morgan fingerprint density at radius 3 is 0.786 bits per heavy atom. The minimum atomic E-state index is -0.789. The van der Waals surface area contributed by atoms with Gasteiger partial charge in [-0.1, -0.05) is 212 Å². The second-order valence-electron chi connectivity index (χ2n) is 18.6. The third-order valence-corrected chi connectivity index (χ3v) is 14.5. The Kier molecular flexibility index (Phi) is 9.99. The van der Waals surface area contributed by atoms with Crippen LogP contribution < -0.4 is 9.80 Å². The standard InChI is InChI=1S/C68H48N2/c1-47-27-39-64-60(43-47)68(61-44-55(50-21-11-4-12-22-50)32-40-65(61)69(64)58-35-28-53(29-36-58)48-17-7-2-8-18-48)62-45-56(51-23-13-5-14-24-51)33-41-66(62)70(59-37-30-54(31-38-59)49-19-9-3-10-20-49)67-42-34-57(46-63(67)68)52-25-15-6-16-26-52/h2-46H,1H3. The van der Waals surface area contributed by atoms with E-state index in [1.807, 2.05) is 0 Å². The van der Waals surface area contributed by atoms with Gasteiger partial charge in [0, 0.05) is 11.4 Å². The summed E-state index contributed by atoms with van der Waals surface area (Å²) in [6, 6.07) is 101. The van der Waals surface area contributed by atoms with E-state index in [1.54, 1.807) is 0 Å². The lowest BCUT2D eigenvalue weighted by atomic mass is 9.59. The van der Waals surface area contributed by atoms with E-state index in [0.29, 0.717) is 0 Å². The zero-order chi connectivity index (χ0) is 46.6. The molecule has 0 saturated carbocycles. The maximum absolute atomic E-state index is 2.51. The Bertz CT molecular complexity index is 3470. The van der Waals surface area contributed by atoms with Crippen molar-refractivity contribution in [3.8, 4) is 55.6 Å². The highest BCUT2D eigenvalue weighted by molar-refractivity contribution is 5.99. The summed E-state index contributed by atoms with van der Waals surface area (Å²) in [6.07, 6.45) is 0. The van der Waals surface area contributed by atoms with Crippen LogP contribution in [0.5, 0.6) is 0 Å². The number of hydrogen-bond acceptors (Lipinski definition) is 2. The SMILES string of the molecule is Cc1ccc2c(c1)C1(c3cc(-c4ccccc4)ccc3N2c2ccc(-c3ccccc3)cc2)c2cc(-c3ccccc3)ccc2N(c2ccc(-c3ccccc3)cc2)c2ccc(-c3ccccc3)cc21. The smallest absolute Gasteiger partial charge is 0.0783 e. The molecule has 0 atom stereocenters. The van der Waals surface area contributed by atoms with Gasteiger partial charge in [-0.2, -0.15) is 0 Å². The van der Waals surface area contributed by atoms with Crippen molar-refractivity contribution in [1.82, 2.24) is 0 Å². The molecule has 13 rings (SSSR count). The third kappa shape index (κ3) is 6.79. The lowest BCUT2D eigenvalue weighted by Crippen LogP contribution is -2.42. The van der Waals surface area contributed by atoms with Gasteiger partial charge in [0.2, 0.25) is 0 Å². The van der Waals surface area contributed by atoms with Gasteiger partial charge in [0.25, 0.3) is 0 Å². The minimum Gasteiger partial charge on any atom is -0.310 e. The van der Waals surface area contributed by atoms with Crippen LogP contribution in [-0.2, 0) is 5.41 Å². The van der Waals surface area contributed by atoms with E-state index in [4.69, 9.17) is 0 Å². The number of hydrogen-bond donors (Lipinski definition) is 0. The summed E-state index contributed by atoms with van der Waals surface area (Å²) in [5.74, 6) is 0. The van der Waals surface area contributed by atoms with Gasteiger partial charge in [-0.05, 0) is 152 Å². The molecular weight excluding hydrogens is 845 g/mol. The van der Waals surface area contributed by atoms with Crippen LogP contribution in [0.1, 0.15) is 27.8 Å². The van der Waals surface area contributed by atoms with E-state index in [0.717, 1.165) is 34.1 Å². The van der Waals surface area contributed by atoms with Crippen molar-refractivity contribution < 1.29 is 0 Å². The molecule has 70 heavy (non-hydrogen) atoms. The van der Waals surface area contributed by atoms with Crippen LogP contribution in [0.25, 0.3) is 55.6 Å². The van der Waals surface area contributed by atoms with Crippen molar-refractivity contribution in [2.24, 2.45) is 0 Å². The lowest BCUT2D eigenvalue weighted by Gasteiger charge is -2.52. The summed E-state index contributed by atoms with van der Waals surface area (Å²) in [7, 11) is 0. The van der Waals surface area contributed by atoms with Crippen LogP contribution in [0.4, 0.5) is 34.1 Å². The van der Waals surface area contributed by atoms with E-state index in [2.05, 4.69) is 290 Å². The Balaban J connectivity index is 1.15. The molecule has 0 unspecified atom stereocenters. The normalized spacial score (nSPS) is 13.0. The Morgan fingerprint density at radius 2 is 0.471 bits per heavy atom. The number of rotatable bonds is 7. The zero-order valence-corrected chi connectivity index (χ0v) is 38.9. The summed E-state index contributed by atoms with van der Waals surface area (Å²) in [5.41, 5.74) is 24.0. The molecule has 11 aromatic rings. The average Bonchev–Trinajstić information content (AvgIpc) is 3.44. The van der Waals surface area contributed by atoms with Gasteiger partial charge in [-0.3, -0.25) is 0 Å². The molecule has 0 fully saturated rings. The first-order chi connectivity index (χ1) is 34.6. The van der Waals surface area contributed by atoms with Gasteiger partial charge in [0.1, 0.15) is 0 Å². The van der Waals surface area contributed by atoms with Gasteiger partial charge in [0.15, 0.2) is 0 Å². The maximum Gasteiger partial charge on any atom is 0.0783 e. The highest BCUT2D eigenvalue weighted by Crippen LogP contribution is 2.65. The van der Waals surface area contributed by atoms with E-state index >= 15 is 0 Å². The molecule has 2 aliphatic rings. The van der Waals surface area contributed by atoms with Gasteiger partial charge < -0.3 is 9.80 Å². The summed E-state index contributed by atoms with van der Waals surface area (Å²) in [4.78, 5) is 5.02. The molecule has 0 saturated heterocycles. The van der Waals surface area contributed by atoms with Crippen molar-refractivity contribution >= 4 is 34.1 Å². The van der Waals surface area contributed by atoms with E-state index in [-0.39, 0.29) is 0 Å². The number of benzene rings is 11.